The van der Waals surface area contributed by atoms with Crippen molar-refractivity contribution >= 4 is 36.6 Å². The van der Waals surface area contributed by atoms with Crippen molar-refractivity contribution in [3.8, 4) is 0 Å². The van der Waals surface area contributed by atoms with Gasteiger partial charge in [-0.3, -0.25) is 9.59 Å². The van der Waals surface area contributed by atoms with Crippen LogP contribution in [0.5, 0.6) is 0 Å². The number of nitrogens with zero attached hydrogens (tertiary/aromatic N) is 1. The first-order valence-electron chi connectivity index (χ1n) is 8.06. The molecule has 8 heteroatoms. The van der Waals surface area contributed by atoms with E-state index in [1.165, 1.54) is 0 Å². The Morgan fingerprint density at radius 1 is 1.16 bits per heavy atom. The van der Waals surface area contributed by atoms with Crippen molar-refractivity contribution in [1.29, 1.82) is 0 Å². The lowest BCUT2D eigenvalue weighted by Crippen LogP contribution is -2.32. The molecule has 2 rings (SSSR count). The monoisotopic (exact) mass is 390 g/mol. The number of carbonyl (C=O) groups excluding carboxylic acids is 2. The Balaban J connectivity index is 0.00000288. The molecule has 1 fully saturated rings. The van der Waals surface area contributed by atoms with E-state index in [-0.39, 0.29) is 42.5 Å². The fourth-order valence-corrected chi connectivity index (χ4v) is 2.48. The van der Waals surface area contributed by atoms with Crippen LogP contribution >= 0.6 is 24.8 Å². The van der Waals surface area contributed by atoms with E-state index >= 15 is 0 Å². The van der Waals surface area contributed by atoms with Crippen LogP contribution in [0, 0.1) is 5.92 Å². The molecule has 0 aromatic heterocycles. The number of hydrogen-bond donors (Lipinski definition) is 3. The third kappa shape index (κ3) is 8.05. The van der Waals surface area contributed by atoms with Crippen LogP contribution in [0.3, 0.4) is 0 Å². The highest BCUT2D eigenvalue weighted by Crippen LogP contribution is 2.08. The van der Waals surface area contributed by atoms with E-state index in [0.717, 1.165) is 31.6 Å². The average Bonchev–Trinajstić information content (AvgIpc) is 3.07. The number of carbonyl (C=O) groups is 2. The second-order valence-corrected chi connectivity index (χ2v) is 6.16. The molecule has 1 heterocycles. The second-order valence-electron chi connectivity index (χ2n) is 6.16. The molecule has 1 aromatic carbocycles. The lowest BCUT2D eigenvalue weighted by atomic mass is 10.1. The molecule has 6 nitrogen and oxygen atoms in total. The number of halogens is 2. The maximum absolute atomic E-state index is 12.0. The van der Waals surface area contributed by atoms with Gasteiger partial charge in [0.1, 0.15) is 0 Å². The van der Waals surface area contributed by atoms with E-state index < -0.39 is 0 Å². The lowest BCUT2D eigenvalue weighted by Gasteiger charge is -2.11. The van der Waals surface area contributed by atoms with Crippen LogP contribution in [-0.2, 0) is 11.3 Å². The molecule has 25 heavy (non-hydrogen) atoms. The average molecular weight is 391 g/mol. The van der Waals surface area contributed by atoms with Gasteiger partial charge in [0.2, 0.25) is 5.91 Å². The molecule has 1 aliphatic heterocycles. The van der Waals surface area contributed by atoms with E-state index in [1.807, 2.05) is 31.1 Å². The maximum atomic E-state index is 12.0. The van der Waals surface area contributed by atoms with E-state index in [1.54, 1.807) is 12.1 Å². The molecule has 0 aliphatic carbocycles. The SMILES string of the molecule is CN(C)CCNC(=O)c1ccc(CNC(=O)C2CCNC2)cc1.Cl.Cl. The fourth-order valence-electron chi connectivity index (χ4n) is 2.48. The van der Waals surface area contributed by atoms with E-state index in [2.05, 4.69) is 16.0 Å². The summed E-state index contributed by atoms with van der Waals surface area (Å²) in [6.45, 7) is 3.61. The molecule has 1 atom stereocenters. The van der Waals surface area contributed by atoms with Gasteiger partial charge in [0.05, 0.1) is 5.92 Å². The molecule has 0 radical (unpaired) electrons. The van der Waals surface area contributed by atoms with Crippen LogP contribution < -0.4 is 16.0 Å². The van der Waals surface area contributed by atoms with Crippen molar-refractivity contribution < 1.29 is 9.59 Å². The molecule has 1 unspecified atom stereocenters. The number of likely N-dealkylation sites (N-methyl/N-ethyl adjacent to an activating group) is 1. The van der Waals surface area contributed by atoms with Crippen LogP contribution in [0.15, 0.2) is 24.3 Å². The third-order valence-corrected chi connectivity index (χ3v) is 3.96. The van der Waals surface area contributed by atoms with Crippen molar-refractivity contribution in [3.63, 3.8) is 0 Å². The van der Waals surface area contributed by atoms with E-state index in [9.17, 15) is 9.59 Å². The van der Waals surface area contributed by atoms with Gasteiger partial charge < -0.3 is 20.9 Å². The summed E-state index contributed by atoms with van der Waals surface area (Å²) in [7, 11) is 3.94. The quantitative estimate of drug-likeness (QED) is 0.650. The van der Waals surface area contributed by atoms with Gasteiger partial charge in [-0.1, -0.05) is 12.1 Å². The molecule has 0 saturated carbocycles. The van der Waals surface area contributed by atoms with Gasteiger partial charge in [-0.25, -0.2) is 0 Å². The molecule has 142 valence electrons. The first kappa shape index (κ1) is 23.7. The first-order valence-corrected chi connectivity index (χ1v) is 8.06. The zero-order valence-corrected chi connectivity index (χ0v) is 16.3. The lowest BCUT2D eigenvalue weighted by molar-refractivity contribution is -0.124. The van der Waals surface area contributed by atoms with Gasteiger partial charge >= 0.3 is 0 Å². The van der Waals surface area contributed by atoms with Gasteiger partial charge in [0, 0.05) is 31.7 Å². The highest BCUT2D eigenvalue weighted by molar-refractivity contribution is 5.94. The number of rotatable bonds is 7. The number of nitrogens with one attached hydrogen (secondary N) is 3. The van der Waals surface area contributed by atoms with Crippen molar-refractivity contribution in [3.05, 3.63) is 35.4 Å². The molecular formula is C17H28Cl2N4O2. The minimum absolute atomic E-state index is 0. The summed E-state index contributed by atoms with van der Waals surface area (Å²) in [6, 6.07) is 7.36. The number of benzene rings is 1. The molecular weight excluding hydrogens is 363 g/mol. The second kappa shape index (κ2) is 12.1. The Hall–Kier alpha value is -1.34. The number of hydrogen-bond acceptors (Lipinski definition) is 4. The van der Waals surface area contributed by atoms with Crippen molar-refractivity contribution in [2.24, 2.45) is 5.92 Å². The van der Waals surface area contributed by atoms with Gasteiger partial charge in [0.15, 0.2) is 0 Å². The molecule has 3 N–H and O–H groups in total. The summed E-state index contributed by atoms with van der Waals surface area (Å²) in [5.74, 6) is 0.108. The van der Waals surface area contributed by atoms with E-state index in [4.69, 9.17) is 0 Å². The normalized spacial score (nSPS) is 15.9. The topological polar surface area (TPSA) is 73.5 Å². The molecule has 0 spiro atoms. The Morgan fingerprint density at radius 2 is 1.84 bits per heavy atom. The van der Waals surface area contributed by atoms with Crippen LogP contribution in [-0.4, -0.2) is 57.0 Å². The molecule has 1 aromatic rings. The Kier molecular flexibility index (Phi) is 11.4. The van der Waals surface area contributed by atoms with Gasteiger partial charge in [-0.2, -0.15) is 0 Å². The zero-order chi connectivity index (χ0) is 16.7. The van der Waals surface area contributed by atoms with Gasteiger partial charge in [-0.15, -0.1) is 24.8 Å². The predicted octanol–water partition coefficient (Wildman–Crippen LogP) is 1.05. The van der Waals surface area contributed by atoms with Crippen LogP contribution in [0.4, 0.5) is 0 Å². The Bertz CT molecular complexity index is 532. The fraction of sp³-hybridized carbons (Fsp3) is 0.529. The minimum Gasteiger partial charge on any atom is -0.352 e. The summed E-state index contributed by atoms with van der Waals surface area (Å²) < 4.78 is 0. The summed E-state index contributed by atoms with van der Waals surface area (Å²) in [4.78, 5) is 25.9. The van der Waals surface area contributed by atoms with Crippen LogP contribution in [0.1, 0.15) is 22.3 Å². The highest BCUT2D eigenvalue weighted by atomic mass is 35.5. The molecule has 1 aliphatic rings. The smallest absolute Gasteiger partial charge is 0.251 e. The first-order chi connectivity index (χ1) is 11.1. The largest absolute Gasteiger partial charge is 0.352 e. The summed E-state index contributed by atoms with van der Waals surface area (Å²) in [5, 5.41) is 9.02. The third-order valence-electron chi connectivity index (χ3n) is 3.96. The van der Waals surface area contributed by atoms with Crippen LogP contribution in [0.2, 0.25) is 0 Å². The van der Waals surface area contributed by atoms with Gasteiger partial charge in [0.25, 0.3) is 5.91 Å². The summed E-state index contributed by atoms with van der Waals surface area (Å²) in [6.07, 6.45) is 0.901. The summed E-state index contributed by atoms with van der Waals surface area (Å²) in [5.41, 5.74) is 1.63. The number of amides is 2. The van der Waals surface area contributed by atoms with Crippen LogP contribution in [0.25, 0.3) is 0 Å². The van der Waals surface area contributed by atoms with Gasteiger partial charge in [-0.05, 0) is 44.8 Å². The maximum Gasteiger partial charge on any atom is 0.251 e. The zero-order valence-electron chi connectivity index (χ0n) is 14.7. The van der Waals surface area contributed by atoms with E-state index in [0.29, 0.717) is 18.7 Å². The summed E-state index contributed by atoms with van der Waals surface area (Å²) >= 11 is 0. The van der Waals surface area contributed by atoms with Crippen molar-refractivity contribution in [2.75, 3.05) is 40.3 Å². The minimum atomic E-state index is -0.0699. The van der Waals surface area contributed by atoms with Crippen molar-refractivity contribution in [2.45, 2.75) is 13.0 Å². The molecule has 2 amide bonds. The Labute approximate surface area is 161 Å². The standard InChI is InChI=1S/C17H26N4O2.2ClH/c1-21(2)10-9-19-16(22)14-5-3-13(4-6-14)11-20-17(23)15-7-8-18-12-15;;/h3-6,15,18H,7-12H2,1-2H3,(H,19,22)(H,20,23);2*1H. The predicted molar refractivity (Wildman–Crippen MR) is 105 cm³/mol. The molecule has 1 saturated heterocycles. The Morgan fingerprint density at radius 3 is 2.40 bits per heavy atom. The van der Waals surface area contributed by atoms with Crippen molar-refractivity contribution in [1.82, 2.24) is 20.9 Å². The molecule has 0 bridgehead atoms. The highest BCUT2D eigenvalue weighted by Gasteiger charge is 2.21.